The fourth-order valence-corrected chi connectivity index (χ4v) is 4.05. The molecule has 2 unspecified atom stereocenters. The van der Waals surface area contributed by atoms with E-state index in [0.717, 1.165) is 64.2 Å². The Labute approximate surface area is 192 Å². The molecule has 164 valence electrons. The highest BCUT2D eigenvalue weighted by atomic mass is 127. The number of piperazine rings is 1. The van der Waals surface area contributed by atoms with E-state index >= 15 is 0 Å². The molecule has 1 aromatic rings. The molecule has 8 heteroatoms. The van der Waals surface area contributed by atoms with Crippen molar-refractivity contribution in [2.45, 2.75) is 25.9 Å². The summed E-state index contributed by atoms with van der Waals surface area (Å²) >= 11 is 0. The van der Waals surface area contributed by atoms with Gasteiger partial charge in [0.25, 0.3) is 0 Å². The van der Waals surface area contributed by atoms with Crippen molar-refractivity contribution in [2.24, 2.45) is 4.99 Å². The maximum Gasteiger partial charge on any atom is 0.193 e. The third-order valence-electron chi connectivity index (χ3n) is 5.77. The van der Waals surface area contributed by atoms with Crippen molar-refractivity contribution in [3.8, 4) is 5.75 Å². The van der Waals surface area contributed by atoms with Crippen LogP contribution < -0.4 is 15.0 Å². The van der Waals surface area contributed by atoms with E-state index in [1.165, 1.54) is 5.69 Å². The second-order valence-electron chi connectivity index (χ2n) is 7.61. The molecule has 0 amide bonds. The highest BCUT2D eigenvalue weighted by Gasteiger charge is 2.25. The predicted octanol–water partition coefficient (Wildman–Crippen LogP) is 2.12. The van der Waals surface area contributed by atoms with Crippen molar-refractivity contribution in [1.29, 1.82) is 0 Å². The minimum Gasteiger partial charge on any atom is -0.497 e. The number of anilines is 1. The van der Waals surface area contributed by atoms with Crippen molar-refractivity contribution in [2.75, 3.05) is 71.5 Å². The van der Waals surface area contributed by atoms with Gasteiger partial charge in [0.05, 0.1) is 20.3 Å². The summed E-state index contributed by atoms with van der Waals surface area (Å²) in [6.07, 6.45) is 0. The lowest BCUT2D eigenvalue weighted by atomic mass is 10.2. The van der Waals surface area contributed by atoms with E-state index in [1.807, 2.05) is 19.2 Å². The first-order valence-corrected chi connectivity index (χ1v) is 10.3. The minimum atomic E-state index is 0. The molecule has 2 saturated heterocycles. The Hall–Kier alpha value is -1.26. The third-order valence-corrected chi connectivity index (χ3v) is 5.77. The Kier molecular flexibility index (Phi) is 9.78. The zero-order chi connectivity index (χ0) is 19.9. The molecule has 3 rings (SSSR count). The monoisotopic (exact) mass is 517 g/mol. The number of nitrogens with one attached hydrogen (secondary N) is 1. The average molecular weight is 517 g/mol. The second kappa shape index (κ2) is 11.8. The molecule has 0 bridgehead atoms. The van der Waals surface area contributed by atoms with Crippen molar-refractivity contribution < 1.29 is 9.47 Å². The van der Waals surface area contributed by atoms with Gasteiger partial charge in [0, 0.05) is 64.1 Å². The summed E-state index contributed by atoms with van der Waals surface area (Å²) < 4.78 is 10.8. The fraction of sp³-hybridized carbons (Fsp3) is 0.667. The number of guanidine groups is 1. The van der Waals surface area contributed by atoms with Crippen LogP contribution in [0.25, 0.3) is 0 Å². The Morgan fingerprint density at radius 3 is 2.48 bits per heavy atom. The smallest absolute Gasteiger partial charge is 0.193 e. The summed E-state index contributed by atoms with van der Waals surface area (Å²) in [5, 5.41) is 3.58. The van der Waals surface area contributed by atoms with Crippen LogP contribution in [0.5, 0.6) is 5.75 Å². The number of hydrogen-bond donors (Lipinski definition) is 1. The third kappa shape index (κ3) is 6.36. The highest BCUT2D eigenvalue weighted by Crippen LogP contribution is 2.20. The minimum absolute atomic E-state index is 0. The Balaban J connectivity index is 0.00000300. The largest absolute Gasteiger partial charge is 0.497 e. The second-order valence-corrected chi connectivity index (χ2v) is 7.61. The highest BCUT2D eigenvalue weighted by molar-refractivity contribution is 14.0. The number of morpholine rings is 1. The number of nitrogens with zero attached hydrogens (tertiary/aromatic N) is 4. The van der Waals surface area contributed by atoms with Gasteiger partial charge in [0.1, 0.15) is 5.75 Å². The van der Waals surface area contributed by atoms with Gasteiger partial charge in [-0.25, -0.2) is 0 Å². The van der Waals surface area contributed by atoms with Crippen molar-refractivity contribution in [3.05, 3.63) is 24.3 Å². The molecule has 0 radical (unpaired) electrons. The number of rotatable bonds is 5. The SMILES string of the molecule is CN=C(NCC(C)N1CCOCC1C)N1CCN(c2ccc(OC)cc2)CC1.I. The molecule has 2 fully saturated rings. The van der Waals surface area contributed by atoms with Crippen LogP contribution in [-0.4, -0.2) is 94.5 Å². The van der Waals surface area contributed by atoms with Gasteiger partial charge < -0.3 is 24.6 Å². The van der Waals surface area contributed by atoms with Gasteiger partial charge in [0.15, 0.2) is 5.96 Å². The lowest BCUT2D eigenvalue weighted by molar-refractivity contribution is -0.0175. The molecule has 2 aliphatic rings. The first-order chi connectivity index (χ1) is 13.6. The van der Waals surface area contributed by atoms with E-state index in [2.05, 4.69) is 51.0 Å². The van der Waals surface area contributed by atoms with Crippen LogP contribution in [0.1, 0.15) is 13.8 Å². The van der Waals surface area contributed by atoms with Gasteiger partial charge in [-0.15, -0.1) is 24.0 Å². The normalized spacial score (nSPS) is 22.1. The van der Waals surface area contributed by atoms with Gasteiger partial charge in [0.2, 0.25) is 0 Å². The lowest BCUT2D eigenvalue weighted by Crippen LogP contribution is -2.56. The fourth-order valence-electron chi connectivity index (χ4n) is 4.05. The molecular formula is C21H36IN5O2. The molecule has 2 aliphatic heterocycles. The van der Waals surface area contributed by atoms with Crippen LogP contribution in [0.2, 0.25) is 0 Å². The molecule has 0 aliphatic carbocycles. The molecular weight excluding hydrogens is 481 g/mol. The topological polar surface area (TPSA) is 52.6 Å². The van der Waals surface area contributed by atoms with E-state index < -0.39 is 0 Å². The summed E-state index contributed by atoms with van der Waals surface area (Å²) in [5.41, 5.74) is 1.25. The molecule has 7 nitrogen and oxygen atoms in total. The number of methoxy groups -OCH3 is 1. The maximum absolute atomic E-state index is 5.56. The number of hydrogen-bond acceptors (Lipinski definition) is 5. The Bertz CT molecular complexity index is 634. The van der Waals surface area contributed by atoms with Gasteiger partial charge in [-0.1, -0.05) is 0 Å². The van der Waals surface area contributed by atoms with E-state index in [-0.39, 0.29) is 24.0 Å². The number of ether oxygens (including phenoxy) is 2. The van der Waals surface area contributed by atoms with Crippen LogP contribution in [0.3, 0.4) is 0 Å². The molecule has 0 aromatic heterocycles. The van der Waals surface area contributed by atoms with Crippen molar-refractivity contribution >= 4 is 35.6 Å². The summed E-state index contributed by atoms with van der Waals surface area (Å²) in [7, 11) is 3.58. The van der Waals surface area contributed by atoms with Crippen molar-refractivity contribution in [3.63, 3.8) is 0 Å². The number of halogens is 1. The lowest BCUT2D eigenvalue weighted by Gasteiger charge is -2.40. The molecule has 1 N–H and O–H groups in total. The van der Waals surface area contributed by atoms with Crippen LogP contribution in [0.15, 0.2) is 29.3 Å². The van der Waals surface area contributed by atoms with Gasteiger partial charge in [-0.3, -0.25) is 9.89 Å². The molecule has 0 saturated carbocycles. The quantitative estimate of drug-likeness (QED) is 0.367. The molecule has 29 heavy (non-hydrogen) atoms. The first kappa shape index (κ1) is 24.0. The summed E-state index contributed by atoms with van der Waals surface area (Å²) in [6, 6.07) is 9.24. The van der Waals surface area contributed by atoms with Crippen molar-refractivity contribution in [1.82, 2.24) is 15.1 Å². The maximum atomic E-state index is 5.56. The Morgan fingerprint density at radius 2 is 1.90 bits per heavy atom. The summed E-state index contributed by atoms with van der Waals surface area (Å²) in [4.78, 5) is 11.8. The van der Waals surface area contributed by atoms with Gasteiger partial charge in [-0.2, -0.15) is 0 Å². The Morgan fingerprint density at radius 1 is 1.21 bits per heavy atom. The van der Waals surface area contributed by atoms with Gasteiger partial charge in [-0.05, 0) is 38.1 Å². The summed E-state index contributed by atoms with van der Waals surface area (Å²) in [5.74, 6) is 1.90. The number of aliphatic imine (C=N–C) groups is 1. The molecule has 2 atom stereocenters. The van der Waals surface area contributed by atoms with E-state index in [1.54, 1.807) is 7.11 Å². The molecule has 0 spiro atoms. The van der Waals surface area contributed by atoms with Crippen LogP contribution in [-0.2, 0) is 4.74 Å². The summed E-state index contributed by atoms with van der Waals surface area (Å²) in [6.45, 7) is 12.0. The van der Waals surface area contributed by atoms with E-state index in [4.69, 9.17) is 9.47 Å². The molecule has 2 heterocycles. The molecule has 1 aromatic carbocycles. The first-order valence-electron chi connectivity index (χ1n) is 10.3. The average Bonchev–Trinajstić information content (AvgIpc) is 2.75. The standard InChI is InChI=1S/C21H35N5O2.HI/c1-17(26-13-14-28-16-18(26)2)15-23-21(22-3)25-11-9-24(10-12-25)19-5-7-20(27-4)8-6-19;/h5-8,17-18H,9-16H2,1-4H3,(H,22,23);1H. The van der Waals surface area contributed by atoms with Crippen LogP contribution >= 0.6 is 24.0 Å². The number of benzene rings is 1. The van der Waals surface area contributed by atoms with Crippen LogP contribution in [0, 0.1) is 0 Å². The van der Waals surface area contributed by atoms with E-state index in [9.17, 15) is 0 Å². The zero-order valence-corrected chi connectivity index (χ0v) is 20.5. The van der Waals surface area contributed by atoms with Crippen LogP contribution in [0.4, 0.5) is 5.69 Å². The van der Waals surface area contributed by atoms with Gasteiger partial charge >= 0.3 is 0 Å². The zero-order valence-electron chi connectivity index (χ0n) is 18.1. The van der Waals surface area contributed by atoms with E-state index in [0.29, 0.717) is 12.1 Å². The predicted molar refractivity (Wildman–Crippen MR) is 130 cm³/mol.